The van der Waals surface area contributed by atoms with Crippen molar-refractivity contribution in [1.29, 1.82) is 0 Å². The zero-order valence-electron chi connectivity index (χ0n) is 13.5. The van der Waals surface area contributed by atoms with Gasteiger partial charge in [-0.3, -0.25) is 0 Å². The average Bonchev–Trinajstić information content (AvgIpc) is 2.36. The molecule has 108 valence electrons. The zero-order valence-corrected chi connectivity index (χ0v) is 13.5. The van der Waals surface area contributed by atoms with E-state index in [2.05, 4.69) is 52.7 Å². The Hall–Kier alpha value is -1.72. The first-order chi connectivity index (χ1) is 9.37. The first kappa shape index (κ1) is 16.3. The molecule has 0 bridgehead atoms. The van der Waals surface area contributed by atoms with Crippen LogP contribution in [0.4, 0.5) is 0 Å². The molecule has 0 aliphatic rings. The molecule has 20 heavy (non-hydrogen) atoms. The van der Waals surface area contributed by atoms with Gasteiger partial charge in [0.2, 0.25) is 0 Å². The van der Waals surface area contributed by atoms with E-state index in [0.717, 1.165) is 29.7 Å². The highest BCUT2D eigenvalue weighted by Crippen LogP contribution is 2.35. The van der Waals surface area contributed by atoms with Crippen LogP contribution >= 0.6 is 0 Å². The molecule has 0 N–H and O–H groups in total. The largest absolute Gasteiger partial charge is 0.495 e. The molecule has 0 aliphatic heterocycles. The van der Waals surface area contributed by atoms with Crippen LogP contribution in [0.5, 0.6) is 5.75 Å². The first-order valence-electron chi connectivity index (χ1n) is 7.09. The third kappa shape index (κ3) is 3.65. The minimum atomic E-state index is 0.242. The molecule has 0 aliphatic carbocycles. The second kappa shape index (κ2) is 6.63. The average molecular weight is 270 g/mol. The van der Waals surface area contributed by atoms with Crippen molar-refractivity contribution in [3.63, 3.8) is 0 Å². The fourth-order valence-corrected chi connectivity index (χ4v) is 2.59. The third-order valence-corrected chi connectivity index (χ3v) is 3.29. The lowest BCUT2D eigenvalue weighted by Gasteiger charge is -2.23. The lowest BCUT2D eigenvalue weighted by atomic mass is 9.83. The Morgan fingerprint density at radius 2 is 2.00 bits per heavy atom. The van der Waals surface area contributed by atoms with Gasteiger partial charge in [0.05, 0.1) is 7.11 Å². The van der Waals surface area contributed by atoms with Gasteiger partial charge in [0.1, 0.15) is 5.75 Å². The maximum Gasteiger partial charge on any atom is 0.134 e. The Bertz CT molecular complexity index is 538. The van der Waals surface area contributed by atoms with Crippen LogP contribution in [0.2, 0.25) is 0 Å². The van der Waals surface area contributed by atoms with Gasteiger partial charge in [-0.25, -0.2) is 0 Å². The third-order valence-electron chi connectivity index (χ3n) is 3.29. The second-order valence-electron chi connectivity index (χ2n) is 6.19. The van der Waals surface area contributed by atoms with Gasteiger partial charge < -0.3 is 4.74 Å². The molecule has 0 atom stereocenters. The number of hydrogen-bond acceptors (Lipinski definition) is 1. The molecular formula is C19H26O. The first-order valence-corrected chi connectivity index (χ1v) is 7.09. The minimum Gasteiger partial charge on any atom is -0.495 e. The summed E-state index contributed by atoms with van der Waals surface area (Å²) in [5.41, 5.74) is 7.92. The van der Waals surface area contributed by atoms with Crippen LogP contribution in [0, 0.1) is 5.41 Å². The zero-order chi connectivity index (χ0) is 15.3. The number of rotatable bonds is 5. The van der Waals surface area contributed by atoms with Crippen molar-refractivity contribution in [2.75, 3.05) is 7.11 Å². The molecule has 0 fully saturated rings. The summed E-state index contributed by atoms with van der Waals surface area (Å²) in [7, 11) is 1.70. The maximum absolute atomic E-state index is 5.58. The summed E-state index contributed by atoms with van der Waals surface area (Å²) >= 11 is 0. The highest BCUT2D eigenvalue weighted by atomic mass is 16.5. The smallest absolute Gasteiger partial charge is 0.134 e. The van der Waals surface area contributed by atoms with Gasteiger partial charge >= 0.3 is 0 Å². The van der Waals surface area contributed by atoms with Crippen LogP contribution in [0.15, 0.2) is 25.0 Å². The van der Waals surface area contributed by atoms with Crippen LogP contribution in [-0.2, 0) is 12.8 Å². The Morgan fingerprint density at radius 3 is 2.40 bits per heavy atom. The molecule has 0 saturated carbocycles. The highest BCUT2D eigenvalue weighted by molar-refractivity contribution is 5.71. The molecule has 0 amide bonds. The van der Waals surface area contributed by atoms with Crippen LogP contribution in [-0.4, -0.2) is 7.11 Å². The van der Waals surface area contributed by atoms with Crippen molar-refractivity contribution in [3.8, 4) is 5.75 Å². The van der Waals surface area contributed by atoms with E-state index in [1.54, 1.807) is 7.11 Å². The monoisotopic (exact) mass is 270 g/mol. The molecule has 0 saturated heterocycles. The van der Waals surface area contributed by atoms with Gasteiger partial charge in [0.25, 0.3) is 0 Å². The highest BCUT2D eigenvalue weighted by Gasteiger charge is 2.19. The summed E-state index contributed by atoms with van der Waals surface area (Å²) in [5.74, 6) is 0.866. The lowest BCUT2D eigenvalue weighted by Crippen LogP contribution is -2.12. The molecule has 1 aromatic rings. The summed E-state index contributed by atoms with van der Waals surface area (Å²) in [6.45, 7) is 16.6. The molecule has 1 aromatic carbocycles. The van der Waals surface area contributed by atoms with E-state index in [9.17, 15) is 0 Å². The normalized spacial score (nSPS) is 10.8. The quantitative estimate of drug-likeness (QED) is 0.661. The molecule has 0 spiro atoms. The van der Waals surface area contributed by atoms with Gasteiger partial charge in [-0.2, -0.15) is 0 Å². The fraction of sp³-hybridized carbons (Fsp3) is 0.421. The van der Waals surface area contributed by atoms with Crippen molar-refractivity contribution in [2.45, 2.75) is 40.5 Å². The maximum atomic E-state index is 5.58. The van der Waals surface area contributed by atoms with Crippen molar-refractivity contribution >= 4 is 12.2 Å². The molecule has 1 rings (SSSR count). The van der Waals surface area contributed by atoms with E-state index in [0.29, 0.717) is 0 Å². The van der Waals surface area contributed by atoms with Crippen molar-refractivity contribution in [3.05, 3.63) is 47.2 Å². The van der Waals surface area contributed by atoms with Gasteiger partial charge in [0.15, 0.2) is 0 Å². The van der Waals surface area contributed by atoms with Gasteiger partial charge in [0, 0.05) is 11.1 Å². The summed E-state index contributed by atoms with van der Waals surface area (Å²) in [6, 6.07) is 2.20. The lowest BCUT2D eigenvalue weighted by molar-refractivity contribution is 0.403. The Kier molecular flexibility index (Phi) is 5.42. The number of hydrogen-bond donors (Lipinski definition) is 0. The van der Waals surface area contributed by atoms with E-state index in [1.807, 2.05) is 12.2 Å². The van der Waals surface area contributed by atoms with Crippen LogP contribution < -0.4 is 4.74 Å². The van der Waals surface area contributed by atoms with Crippen LogP contribution in [0.1, 0.15) is 49.9 Å². The molecule has 1 nitrogen and oxygen atoms in total. The van der Waals surface area contributed by atoms with Crippen molar-refractivity contribution < 1.29 is 4.74 Å². The van der Waals surface area contributed by atoms with Crippen molar-refractivity contribution in [2.24, 2.45) is 5.41 Å². The van der Waals surface area contributed by atoms with Crippen molar-refractivity contribution in [1.82, 2.24) is 0 Å². The summed E-state index contributed by atoms with van der Waals surface area (Å²) in [5, 5.41) is 0. The van der Waals surface area contributed by atoms with Crippen LogP contribution in [0.25, 0.3) is 12.2 Å². The number of ether oxygens (including phenoxy) is 1. The van der Waals surface area contributed by atoms with Gasteiger partial charge in [-0.1, -0.05) is 46.9 Å². The summed E-state index contributed by atoms with van der Waals surface area (Å²) in [4.78, 5) is 0. The molecule has 0 aromatic heterocycles. The van der Waals surface area contributed by atoms with Crippen LogP contribution in [0.3, 0.4) is 0 Å². The van der Waals surface area contributed by atoms with Gasteiger partial charge in [-0.15, -0.1) is 5.73 Å². The molecule has 1 heteroatoms. The molecule has 0 radical (unpaired) electrons. The Morgan fingerprint density at radius 1 is 1.35 bits per heavy atom. The molecular weight excluding hydrogens is 244 g/mol. The number of methoxy groups -OCH3 is 1. The van der Waals surface area contributed by atoms with E-state index in [-0.39, 0.29) is 5.41 Å². The van der Waals surface area contributed by atoms with E-state index < -0.39 is 0 Å². The molecule has 0 unspecified atom stereocenters. The van der Waals surface area contributed by atoms with E-state index >= 15 is 0 Å². The van der Waals surface area contributed by atoms with E-state index in [4.69, 9.17) is 4.74 Å². The predicted molar refractivity (Wildman–Crippen MR) is 89.2 cm³/mol. The summed E-state index contributed by atoms with van der Waals surface area (Å²) in [6.07, 6.45) is 5.76. The number of benzene rings is 1. The second-order valence-corrected chi connectivity index (χ2v) is 6.19. The minimum absolute atomic E-state index is 0.242. The Labute approximate surface area is 123 Å². The standard InChI is InChI=1S/C19H26O/c1-8-11-17-16(10-3)15(13-19(4,5)6)12-14(9-2)18(17)20-7/h9,11-12H,1-2,10,13H2,3-7H3. The summed E-state index contributed by atoms with van der Waals surface area (Å²) < 4.78 is 5.58. The topological polar surface area (TPSA) is 9.23 Å². The van der Waals surface area contributed by atoms with Gasteiger partial charge in [-0.05, 0) is 41.5 Å². The predicted octanol–water partition coefficient (Wildman–Crippen LogP) is 5.29. The fourth-order valence-electron chi connectivity index (χ4n) is 2.59. The molecule has 0 heterocycles. The Balaban J connectivity index is 3.64. The van der Waals surface area contributed by atoms with E-state index in [1.165, 1.54) is 11.1 Å². The SMILES string of the molecule is C=C=Cc1c(CC)c(CC(C)(C)C)cc(C=C)c1OC.